The molecular formula is C20H19NO3S2. The summed E-state index contributed by atoms with van der Waals surface area (Å²) in [4.78, 5) is 15.0. The number of thiocarbonyl (C=S) groups is 1. The van der Waals surface area contributed by atoms with E-state index in [1.165, 1.54) is 11.8 Å². The third-order valence-corrected chi connectivity index (χ3v) is 5.17. The normalized spacial score (nSPS) is 15.7. The summed E-state index contributed by atoms with van der Waals surface area (Å²) in [7, 11) is 1.60. The van der Waals surface area contributed by atoms with Gasteiger partial charge >= 0.3 is 0 Å². The van der Waals surface area contributed by atoms with Gasteiger partial charge in [0.15, 0.2) is 15.8 Å². The number of rotatable bonds is 5. The highest BCUT2D eigenvalue weighted by Crippen LogP contribution is 2.37. The summed E-state index contributed by atoms with van der Waals surface area (Å²) < 4.78 is 11.4. The van der Waals surface area contributed by atoms with Gasteiger partial charge in [0.2, 0.25) is 0 Å². The lowest BCUT2D eigenvalue weighted by molar-refractivity contribution is -0.113. The molecule has 1 heterocycles. The van der Waals surface area contributed by atoms with Gasteiger partial charge in [-0.1, -0.05) is 47.7 Å². The largest absolute Gasteiger partial charge is 0.493 e. The van der Waals surface area contributed by atoms with Crippen LogP contribution in [0.1, 0.15) is 18.1 Å². The number of thioether (sulfide) groups is 1. The number of ether oxygens (including phenoxy) is 2. The molecule has 26 heavy (non-hydrogen) atoms. The zero-order chi connectivity index (χ0) is 18.7. The van der Waals surface area contributed by atoms with Gasteiger partial charge in [-0.15, -0.1) is 0 Å². The predicted molar refractivity (Wildman–Crippen MR) is 111 cm³/mol. The number of carbonyl (C=O) groups is 1. The molecule has 0 aromatic heterocycles. The van der Waals surface area contributed by atoms with Crippen LogP contribution in [0.3, 0.4) is 0 Å². The number of hydrogen-bond acceptors (Lipinski definition) is 5. The van der Waals surface area contributed by atoms with E-state index in [0.717, 1.165) is 16.8 Å². The van der Waals surface area contributed by atoms with Gasteiger partial charge in [0.25, 0.3) is 5.91 Å². The Morgan fingerprint density at radius 3 is 2.54 bits per heavy atom. The van der Waals surface area contributed by atoms with Crippen molar-refractivity contribution in [2.75, 3.05) is 18.6 Å². The molecule has 0 N–H and O–H groups in total. The van der Waals surface area contributed by atoms with Crippen LogP contribution < -0.4 is 14.4 Å². The van der Waals surface area contributed by atoms with Crippen LogP contribution in [-0.2, 0) is 4.79 Å². The van der Waals surface area contributed by atoms with Crippen LogP contribution in [0.5, 0.6) is 11.5 Å². The molecule has 4 nitrogen and oxygen atoms in total. The molecule has 0 spiro atoms. The van der Waals surface area contributed by atoms with E-state index in [4.69, 9.17) is 21.7 Å². The highest BCUT2D eigenvalue weighted by Gasteiger charge is 2.33. The van der Waals surface area contributed by atoms with Crippen LogP contribution in [0, 0.1) is 6.92 Å². The Morgan fingerprint density at radius 1 is 1.15 bits per heavy atom. The van der Waals surface area contributed by atoms with Gasteiger partial charge in [0.05, 0.1) is 24.3 Å². The summed E-state index contributed by atoms with van der Waals surface area (Å²) >= 11 is 6.71. The Bertz CT molecular complexity index is 875. The van der Waals surface area contributed by atoms with E-state index < -0.39 is 0 Å². The molecule has 0 saturated carbocycles. The first kappa shape index (κ1) is 18.5. The maximum Gasteiger partial charge on any atom is 0.270 e. The fourth-order valence-electron chi connectivity index (χ4n) is 2.58. The second-order valence-electron chi connectivity index (χ2n) is 5.70. The second-order valence-corrected chi connectivity index (χ2v) is 7.37. The monoisotopic (exact) mass is 385 g/mol. The highest BCUT2D eigenvalue weighted by molar-refractivity contribution is 8.27. The number of methoxy groups -OCH3 is 1. The summed E-state index contributed by atoms with van der Waals surface area (Å²) in [6.45, 7) is 4.49. The maximum absolute atomic E-state index is 12.8. The van der Waals surface area contributed by atoms with E-state index in [1.54, 1.807) is 12.0 Å². The number of nitrogens with zero attached hydrogens (tertiary/aromatic N) is 1. The van der Waals surface area contributed by atoms with E-state index in [9.17, 15) is 4.79 Å². The average Bonchev–Trinajstić information content (AvgIpc) is 2.91. The zero-order valence-electron chi connectivity index (χ0n) is 14.8. The lowest BCUT2D eigenvalue weighted by Gasteiger charge is -2.14. The molecule has 1 saturated heterocycles. The van der Waals surface area contributed by atoms with Crippen molar-refractivity contribution in [2.45, 2.75) is 13.8 Å². The smallest absolute Gasteiger partial charge is 0.270 e. The van der Waals surface area contributed by atoms with Crippen molar-refractivity contribution in [3.63, 3.8) is 0 Å². The quantitative estimate of drug-likeness (QED) is 0.546. The first-order valence-electron chi connectivity index (χ1n) is 8.19. The minimum atomic E-state index is -0.114. The van der Waals surface area contributed by atoms with Gasteiger partial charge in [-0.2, -0.15) is 0 Å². The van der Waals surface area contributed by atoms with Crippen LogP contribution in [0.4, 0.5) is 5.69 Å². The Balaban J connectivity index is 1.89. The second kappa shape index (κ2) is 7.93. The molecule has 1 aliphatic rings. The number of benzene rings is 2. The summed E-state index contributed by atoms with van der Waals surface area (Å²) in [5.41, 5.74) is 2.77. The number of carbonyl (C=O) groups excluding carboxylic acids is 1. The fourth-order valence-corrected chi connectivity index (χ4v) is 3.88. The predicted octanol–water partition coefficient (Wildman–Crippen LogP) is 4.81. The van der Waals surface area contributed by atoms with Gasteiger partial charge in [-0.3, -0.25) is 9.69 Å². The van der Waals surface area contributed by atoms with Crippen molar-refractivity contribution in [3.05, 3.63) is 58.5 Å². The number of aryl methyl sites for hydroxylation is 1. The first-order chi connectivity index (χ1) is 12.5. The average molecular weight is 386 g/mol. The number of anilines is 1. The molecule has 0 unspecified atom stereocenters. The van der Waals surface area contributed by atoms with E-state index in [2.05, 4.69) is 0 Å². The molecule has 1 fully saturated rings. The summed E-state index contributed by atoms with van der Waals surface area (Å²) in [6.07, 6.45) is 1.83. The number of hydrogen-bond donors (Lipinski definition) is 0. The van der Waals surface area contributed by atoms with Gasteiger partial charge < -0.3 is 9.47 Å². The van der Waals surface area contributed by atoms with Crippen LogP contribution in [0.2, 0.25) is 0 Å². The van der Waals surface area contributed by atoms with Gasteiger partial charge in [-0.25, -0.2) is 0 Å². The summed E-state index contributed by atoms with van der Waals surface area (Å²) in [5, 5.41) is 0. The van der Waals surface area contributed by atoms with E-state index in [1.807, 2.05) is 62.4 Å². The molecule has 6 heteroatoms. The van der Waals surface area contributed by atoms with Gasteiger partial charge in [0, 0.05) is 0 Å². The van der Waals surface area contributed by atoms with E-state index in [0.29, 0.717) is 27.3 Å². The van der Waals surface area contributed by atoms with E-state index in [-0.39, 0.29) is 5.91 Å². The van der Waals surface area contributed by atoms with Crippen molar-refractivity contribution in [1.82, 2.24) is 0 Å². The third kappa shape index (κ3) is 3.76. The lowest BCUT2D eigenvalue weighted by Crippen LogP contribution is -2.27. The first-order valence-corrected chi connectivity index (χ1v) is 9.41. The van der Waals surface area contributed by atoms with E-state index >= 15 is 0 Å². The molecule has 0 atom stereocenters. The fraction of sp³-hybridized carbons (Fsp3) is 0.200. The molecule has 2 aromatic rings. The summed E-state index contributed by atoms with van der Waals surface area (Å²) in [6, 6.07) is 13.3. The third-order valence-electron chi connectivity index (χ3n) is 3.87. The van der Waals surface area contributed by atoms with Crippen molar-refractivity contribution >= 4 is 46.0 Å². The standard InChI is InChI=1S/C20H19NO3S2/c1-4-24-16-10-7-14(11-17(16)23-3)12-18-19(22)21(20(25)26-18)15-8-5-13(2)6-9-15/h5-12H,4H2,1-3H3/b18-12+. The minimum Gasteiger partial charge on any atom is -0.493 e. The summed E-state index contributed by atoms with van der Waals surface area (Å²) in [5.74, 6) is 1.20. The number of amides is 1. The van der Waals surface area contributed by atoms with Gasteiger partial charge in [0.1, 0.15) is 0 Å². The van der Waals surface area contributed by atoms with Crippen LogP contribution in [-0.4, -0.2) is 23.9 Å². The Kier molecular flexibility index (Phi) is 5.64. The van der Waals surface area contributed by atoms with Crippen molar-refractivity contribution in [2.24, 2.45) is 0 Å². The van der Waals surface area contributed by atoms with Crippen molar-refractivity contribution in [3.8, 4) is 11.5 Å². The highest BCUT2D eigenvalue weighted by atomic mass is 32.2. The van der Waals surface area contributed by atoms with Crippen LogP contribution in [0.15, 0.2) is 47.4 Å². The topological polar surface area (TPSA) is 38.8 Å². The molecule has 1 aliphatic heterocycles. The molecule has 2 aromatic carbocycles. The molecule has 0 aliphatic carbocycles. The van der Waals surface area contributed by atoms with Crippen LogP contribution >= 0.6 is 24.0 Å². The lowest BCUT2D eigenvalue weighted by atomic mass is 10.1. The Morgan fingerprint density at radius 2 is 1.88 bits per heavy atom. The maximum atomic E-state index is 12.8. The Labute approximate surface area is 162 Å². The molecule has 0 bridgehead atoms. The van der Waals surface area contributed by atoms with Crippen molar-refractivity contribution in [1.29, 1.82) is 0 Å². The Hall–Kier alpha value is -2.31. The molecule has 134 valence electrons. The van der Waals surface area contributed by atoms with Crippen molar-refractivity contribution < 1.29 is 14.3 Å². The molecule has 1 amide bonds. The zero-order valence-corrected chi connectivity index (χ0v) is 16.4. The SMILES string of the molecule is CCOc1ccc(/C=C2/SC(=S)N(c3ccc(C)cc3)C2=O)cc1OC. The van der Waals surface area contributed by atoms with Gasteiger partial charge in [-0.05, 0) is 49.8 Å². The molecular weight excluding hydrogens is 366 g/mol. The molecule has 3 rings (SSSR count). The molecule has 0 radical (unpaired) electrons. The van der Waals surface area contributed by atoms with Crippen LogP contribution in [0.25, 0.3) is 6.08 Å². The minimum absolute atomic E-state index is 0.114.